The third kappa shape index (κ3) is 3.69. The summed E-state index contributed by atoms with van der Waals surface area (Å²) >= 11 is 0. The van der Waals surface area contributed by atoms with Crippen LogP contribution in [0, 0.1) is 5.82 Å². The van der Waals surface area contributed by atoms with Gasteiger partial charge in [0.25, 0.3) is 5.91 Å². The molecule has 9 heteroatoms. The van der Waals surface area contributed by atoms with E-state index < -0.39 is 5.54 Å². The van der Waals surface area contributed by atoms with Crippen molar-refractivity contribution in [2.24, 2.45) is 0 Å². The molecular formula is C23H25FN6O2. The van der Waals surface area contributed by atoms with Crippen molar-refractivity contribution in [3.63, 3.8) is 0 Å². The first-order valence-corrected chi connectivity index (χ1v) is 10.8. The summed E-state index contributed by atoms with van der Waals surface area (Å²) in [7, 11) is 0. The van der Waals surface area contributed by atoms with Crippen molar-refractivity contribution in [3.05, 3.63) is 60.3 Å². The van der Waals surface area contributed by atoms with Crippen molar-refractivity contribution in [1.29, 1.82) is 0 Å². The summed E-state index contributed by atoms with van der Waals surface area (Å²) in [5.74, 6) is -0.470. The minimum absolute atomic E-state index is 0.0737. The molecule has 0 saturated carbocycles. The van der Waals surface area contributed by atoms with Gasteiger partial charge in [0.15, 0.2) is 0 Å². The fraction of sp³-hybridized carbons (Fsp3) is 0.348. The van der Waals surface area contributed by atoms with Gasteiger partial charge in [-0.3, -0.25) is 14.6 Å². The van der Waals surface area contributed by atoms with E-state index in [0.717, 1.165) is 37.1 Å². The molecule has 5 rings (SSSR count). The van der Waals surface area contributed by atoms with Crippen molar-refractivity contribution in [2.75, 3.05) is 37.7 Å². The predicted molar refractivity (Wildman–Crippen MR) is 119 cm³/mol. The van der Waals surface area contributed by atoms with Gasteiger partial charge in [-0.15, -0.1) is 0 Å². The Morgan fingerprint density at radius 1 is 1.22 bits per heavy atom. The minimum atomic E-state index is -0.539. The Labute approximate surface area is 184 Å². The van der Waals surface area contributed by atoms with Crippen LogP contribution >= 0.6 is 0 Å². The molecular weight excluding hydrogens is 411 g/mol. The fourth-order valence-corrected chi connectivity index (χ4v) is 4.73. The van der Waals surface area contributed by atoms with E-state index in [2.05, 4.69) is 30.4 Å². The molecule has 32 heavy (non-hydrogen) atoms. The summed E-state index contributed by atoms with van der Waals surface area (Å²) in [6.07, 6.45) is 4.96. The predicted octanol–water partition coefficient (Wildman–Crippen LogP) is 1.86. The first kappa shape index (κ1) is 20.4. The summed E-state index contributed by atoms with van der Waals surface area (Å²) in [5.41, 5.74) is 1.55. The largest absolute Gasteiger partial charge is 0.351 e. The Hall–Kier alpha value is -3.46. The zero-order valence-corrected chi connectivity index (χ0v) is 17.6. The van der Waals surface area contributed by atoms with E-state index in [-0.39, 0.29) is 17.6 Å². The molecule has 2 aromatic heterocycles. The summed E-state index contributed by atoms with van der Waals surface area (Å²) in [6, 6.07) is 9.91. The third-order valence-electron chi connectivity index (χ3n) is 6.52. The second-order valence-electron chi connectivity index (χ2n) is 8.35. The second-order valence-corrected chi connectivity index (χ2v) is 8.35. The van der Waals surface area contributed by atoms with Crippen LogP contribution < -0.4 is 15.5 Å². The van der Waals surface area contributed by atoms with E-state index in [4.69, 9.17) is 0 Å². The molecule has 8 nitrogen and oxygen atoms in total. The van der Waals surface area contributed by atoms with Crippen LogP contribution in [0.25, 0.3) is 10.9 Å². The number of aromatic amines is 1. The number of carbonyl (C=O) groups excluding carboxylic acids is 2. The van der Waals surface area contributed by atoms with Crippen LogP contribution in [0.3, 0.4) is 0 Å². The maximum absolute atomic E-state index is 13.4. The Morgan fingerprint density at radius 3 is 2.84 bits per heavy atom. The molecule has 0 bridgehead atoms. The lowest BCUT2D eigenvalue weighted by Gasteiger charge is -2.43. The number of H-pyrrole nitrogens is 1. The van der Waals surface area contributed by atoms with Crippen LogP contribution in [-0.4, -0.2) is 65.1 Å². The number of hydrogen-bond acceptors (Lipinski definition) is 5. The lowest BCUT2D eigenvalue weighted by Crippen LogP contribution is -2.57. The number of benzene rings is 1. The number of pyridine rings is 1. The zero-order valence-electron chi connectivity index (χ0n) is 17.6. The van der Waals surface area contributed by atoms with Gasteiger partial charge in [0, 0.05) is 43.3 Å². The number of hydrogen-bond donors (Lipinski definition) is 3. The Balaban J connectivity index is 1.15. The Bertz CT molecular complexity index is 1140. The number of amides is 2. The van der Waals surface area contributed by atoms with Gasteiger partial charge in [-0.05, 0) is 49.2 Å². The first-order valence-electron chi connectivity index (χ1n) is 10.8. The Morgan fingerprint density at radius 2 is 2.06 bits per heavy atom. The number of anilines is 1. The molecule has 4 heterocycles. The molecule has 1 spiro atoms. The summed E-state index contributed by atoms with van der Waals surface area (Å²) in [6.45, 7) is 3.23. The molecule has 2 aliphatic heterocycles. The molecule has 0 atom stereocenters. The highest BCUT2D eigenvalue weighted by Gasteiger charge is 2.50. The molecule has 1 aromatic carbocycles. The quantitative estimate of drug-likeness (QED) is 0.568. The second kappa shape index (κ2) is 8.23. The van der Waals surface area contributed by atoms with E-state index in [0.29, 0.717) is 30.8 Å². The summed E-state index contributed by atoms with van der Waals surface area (Å²) < 4.78 is 13.4. The number of rotatable bonds is 5. The highest BCUT2D eigenvalue weighted by Crippen LogP contribution is 2.35. The number of nitrogens with zero attached hydrogens (tertiary/aromatic N) is 3. The lowest BCUT2D eigenvalue weighted by atomic mass is 9.85. The molecule has 0 aliphatic carbocycles. The third-order valence-corrected chi connectivity index (χ3v) is 6.52. The highest BCUT2D eigenvalue weighted by molar-refractivity contribution is 5.98. The van der Waals surface area contributed by atoms with Gasteiger partial charge >= 0.3 is 0 Å². The first-order chi connectivity index (χ1) is 15.5. The van der Waals surface area contributed by atoms with E-state index in [1.165, 1.54) is 12.1 Å². The monoisotopic (exact) mass is 436 g/mol. The molecule has 166 valence electrons. The fourth-order valence-electron chi connectivity index (χ4n) is 4.73. The van der Waals surface area contributed by atoms with Crippen LogP contribution in [0.4, 0.5) is 10.1 Å². The van der Waals surface area contributed by atoms with Crippen molar-refractivity contribution < 1.29 is 14.0 Å². The van der Waals surface area contributed by atoms with Gasteiger partial charge in [0.2, 0.25) is 5.91 Å². The van der Waals surface area contributed by atoms with E-state index in [1.54, 1.807) is 24.5 Å². The van der Waals surface area contributed by atoms with Crippen molar-refractivity contribution in [3.8, 4) is 0 Å². The van der Waals surface area contributed by atoms with E-state index >= 15 is 0 Å². The SMILES string of the molecule is O=C(NCCN1CCC2(CC1)C(=O)NCN2c1cccnc1)c1cc2cc(F)ccc2[nH]1. The summed E-state index contributed by atoms with van der Waals surface area (Å²) in [4.78, 5) is 36.8. The minimum Gasteiger partial charge on any atom is -0.351 e. The van der Waals surface area contributed by atoms with Crippen LogP contribution in [0.1, 0.15) is 23.3 Å². The maximum atomic E-state index is 13.4. The van der Waals surface area contributed by atoms with Gasteiger partial charge in [-0.25, -0.2) is 4.39 Å². The van der Waals surface area contributed by atoms with Gasteiger partial charge in [0.1, 0.15) is 17.1 Å². The van der Waals surface area contributed by atoms with Gasteiger partial charge in [-0.1, -0.05) is 0 Å². The molecule has 3 N–H and O–H groups in total. The molecule has 2 fully saturated rings. The maximum Gasteiger partial charge on any atom is 0.267 e. The highest BCUT2D eigenvalue weighted by atomic mass is 19.1. The van der Waals surface area contributed by atoms with Crippen molar-refractivity contribution in [2.45, 2.75) is 18.4 Å². The van der Waals surface area contributed by atoms with Gasteiger partial charge < -0.3 is 25.4 Å². The smallest absolute Gasteiger partial charge is 0.267 e. The Kier molecular flexibility index (Phi) is 5.26. The average Bonchev–Trinajstić information content (AvgIpc) is 3.37. The topological polar surface area (TPSA) is 93.4 Å². The normalized spacial score (nSPS) is 18.3. The van der Waals surface area contributed by atoms with Crippen LogP contribution in [0.15, 0.2) is 48.8 Å². The number of halogens is 1. The van der Waals surface area contributed by atoms with Crippen molar-refractivity contribution >= 4 is 28.4 Å². The molecule has 2 saturated heterocycles. The number of aromatic nitrogens is 2. The molecule has 2 aliphatic rings. The number of fused-ring (bicyclic) bond motifs is 1. The zero-order chi connectivity index (χ0) is 22.1. The standard InChI is InChI=1S/C23H25FN6O2/c24-17-3-4-19-16(12-17)13-20(28-19)21(31)26-8-11-29-9-5-23(6-10-29)22(32)27-15-30(23)18-2-1-7-25-14-18/h1-4,7,12-14,28H,5-6,8-11,15H2,(H,26,31)(H,27,32). The average molecular weight is 436 g/mol. The van der Waals surface area contributed by atoms with Crippen LogP contribution in [0.5, 0.6) is 0 Å². The lowest BCUT2D eigenvalue weighted by molar-refractivity contribution is -0.125. The number of carbonyl (C=O) groups is 2. The number of piperidine rings is 1. The molecule has 0 radical (unpaired) electrons. The number of likely N-dealkylation sites (tertiary alicyclic amines) is 1. The van der Waals surface area contributed by atoms with Gasteiger partial charge in [-0.2, -0.15) is 0 Å². The van der Waals surface area contributed by atoms with Gasteiger partial charge in [0.05, 0.1) is 18.6 Å². The molecule has 2 amide bonds. The number of nitrogens with one attached hydrogen (secondary N) is 3. The van der Waals surface area contributed by atoms with Crippen molar-refractivity contribution in [1.82, 2.24) is 25.5 Å². The van der Waals surface area contributed by atoms with E-state index in [9.17, 15) is 14.0 Å². The van der Waals surface area contributed by atoms with Crippen LogP contribution in [-0.2, 0) is 4.79 Å². The molecule has 0 unspecified atom stereocenters. The van der Waals surface area contributed by atoms with E-state index in [1.807, 2.05) is 12.1 Å². The van der Waals surface area contributed by atoms with Crippen LogP contribution in [0.2, 0.25) is 0 Å². The summed E-state index contributed by atoms with van der Waals surface area (Å²) in [5, 5.41) is 6.58. The molecule has 3 aromatic rings.